The number of benzene rings is 1. The Morgan fingerprint density at radius 3 is 2.30 bits per heavy atom. The molecule has 1 rings (SSSR count). The van der Waals surface area contributed by atoms with E-state index in [9.17, 15) is 13.2 Å². The summed E-state index contributed by atoms with van der Waals surface area (Å²) in [6.45, 7) is 3.48. The van der Waals surface area contributed by atoms with E-state index in [2.05, 4.69) is 0 Å². The van der Waals surface area contributed by atoms with E-state index in [1.807, 2.05) is 6.92 Å². The van der Waals surface area contributed by atoms with Crippen LogP contribution in [-0.2, 0) is 13.8 Å². The lowest BCUT2D eigenvalue weighted by Gasteiger charge is -2.14. The van der Waals surface area contributed by atoms with Crippen molar-refractivity contribution in [1.29, 1.82) is 0 Å². The molecule has 0 amide bonds. The van der Waals surface area contributed by atoms with Crippen molar-refractivity contribution >= 4 is 60.5 Å². The molecule has 0 saturated heterocycles. The highest BCUT2D eigenvalue weighted by Crippen LogP contribution is 2.38. The van der Waals surface area contributed by atoms with Gasteiger partial charge in [0.15, 0.2) is 0 Å². The van der Waals surface area contributed by atoms with E-state index in [0.29, 0.717) is 6.42 Å². The van der Waals surface area contributed by atoms with Crippen LogP contribution in [0.4, 0.5) is 0 Å². The molecule has 0 aliphatic carbocycles. The number of carbonyl (C=O) groups is 1. The van der Waals surface area contributed by atoms with Crippen molar-refractivity contribution < 1.29 is 17.9 Å². The first kappa shape index (κ1) is 17.9. The summed E-state index contributed by atoms with van der Waals surface area (Å²) in [6.07, 6.45) is 0.187. The molecule has 0 radical (unpaired) electrons. The lowest BCUT2D eigenvalue weighted by molar-refractivity contribution is 0.0334. The zero-order chi connectivity index (χ0) is 15.7. The van der Waals surface area contributed by atoms with Gasteiger partial charge in [-0.15, -0.1) is 0 Å². The molecule has 1 aromatic carbocycles. The van der Waals surface area contributed by atoms with Crippen LogP contribution >= 0.6 is 45.5 Å². The molecular formula is C11H10Cl4O4S. The molecule has 9 heteroatoms. The molecule has 4 nitrogen and oxygen atoms in total. The number of esters is 1. The average molecular weight is 380 g/mol. The summed E-state index contributed by atoms with van der Waals surface area (Å²) in [4.78, 5) is 11.5. The van der Waals surface area contributed by atoms with Gasteiger partial charge in [-0.05, 0) is 19.4 Å². The Balaban J connectivity index is 3.47. The fourth-order valence-electron chi connectivity index (χ4n) is 1.26. The number of carbonyl (C=O) groups excluding carboxylic acids is 1. The third-order valence-electron chi connectivity index (χ3n) is 2.47. The summed E-state index contributed by atoms with van der Waals surface area (Å²) in [5.74, 6) is -0.863. The Morgan fingerprint density at radius 1 is 1.30 bits per heavy atom. The second kappa shape index (κ2) is 6.71. The van der Waals surface area contributed by atoms with Crippen molar-refractivity contribution in [3.05, 3.63) is 26.7 Å². The van der Waals surface area contributed by atoms with Gasteiger partial charge in [-0.1, -0.05) is 41.7 Å². The lowest BCUT2D eigenvalue weighted by atomic mass is 10.2. The number of ether oxygens (including phenoxy) is 1. The van der Waals surface area contributed by atoms with Crippen LogP contribution < -0.4 is 0 Å². The van der Waals surface area contributed by atoms with Crippen LogP contribution in [0, 0.1) is 0 Å². The number of hydrogen-bond acceptors (Lipinski definition) is 4. The minimum absolute atomic E-state index is 0.161. The van der Waals surface area contributed by atoms with E-state index < -0.39 is 24.9 Å². The van der Waals surface area contributed by atoms with Crippen LogP contribution in [0.1, 0.15) is 30.6 Å². The van der Waals surface area contributed by atoms with Crippen molar-refractivity contribution in [2.75, 3.05) is 0 Å². The van der Waals surface area contributed by atoms with Gasteiger partial charge >= 0.3 is 5.97 Å². The van der Waals surface area contributed by atoms with E-state index in [1.165, 1.54) is 0 Å². The first-order valence-electron chi connectivity index (χ1n) is 5.42. The zero-order valence-corrected chi connectivity index (χ0v) is 14.3. The smallest absolute Gasteiger partial charge is 0.341 e. The Labute approximate surface area is 136 Å². The fourth-order valence-corrected chi connectivity index (χ4v) is 3.39. The monoisotopic (exact) mass is 378 g/mol. The molecule has 20 heavy (non-hydrogen) atoms. The van der Waals surface area contributed by atoms with Crippen molar-refractivity contribution in [2.24, 2.45) is 0 Å². The molecule has 1 unspecified atom stereocenters. The van der Waals surface area contributed by atoms with Crippen LogP contribution in [0.5, 0.6) is 0 Å². The SMILES string of the molecule is CCC(C)OC(=O)c1c(Cl)c(Cl)cc(S(=O)(=O)Cl)c1Cl. The molecule has 1 aromatic rings. The third-order valence-corrected chi connectivity index (χ3v) is 5.11. The predicted molar refractivity (Wildman–Crippen MR) is 79.7 cm³/mol. The molecule has 0 fully saturated rings. The molecular weight excluding hydrogens is 370 g/mol. The summed E-state index contributed by atoms with van der Waals surface area (Å²) in [5.41, 5.74) is -0.319. The normalized spacial score (nSPS) is 13.1. The summed E-state index contributed by atoms with van der Waals surface area (Å²) >= 11 is 17.6. The van der Waals surface area contributed by atoms with Gasteiger partial charge in [0.25, 0.3) is 9.05 Å². The second-order valence-corrected chi connectivity index (χ2v) is 7.62. The van der Waals surface area contributed by atoms with Gasteiger partial charge in [0.1, 0.15) is 4.90 Å². The number of rotatable bonds is 4. The second-order valence-electron chi connectivity index (χ2n) is 3.92. The Hall–Kier alpha value is -0.200. The summed E-state index contributed by atoms with van der Waals surface area (Å²) in [6, 6.07) is 0.981. The molecule has 0 aromatic heterocycles. The highest BCUT2D eigenvalue weighted by Gasteiger charge is 2.27. The maximum atomic E-state index is 12.0. The maximum Gasteiger partial charge on any atom is 0.341 e. The van der Waals surface area contributed by atoms with Crippen molar-refractivity contribution in [3.8, 4) is 0 Å². The largest absolute Gasteiger partial charge is 0.459 e. The molecule has 112 valence electrons. The summed E-state index contributed by atoms with van der Waals surface area (Å²) in [7, 11) is 1.06. The maximum absolute atomic E-state index is 12.0. The molecule has 0 bridgehead atoms. The van der Waals surface area contributed by atoms with E-state index in [0.717, 1.165) is 6.07 Å². The molecule has 0 N–H and O–H groups in total. The molecule has 0 spiro atoms. The highest BCUT2D eigenvalue weighted by molar-refractivity contribution is 8.13. The first-order chi connectivity index (χ1) is 9.09. The van der Waals surface area contributed by atoms with Gasteiger partial charge in [0.2, 0.25) is 0 Å². The van der Waals surface area contributed by atoms with E-state index >= 15 is 0 Å². The minimum Gasteiger partial charge on any atom is -0.459 e. The molecule has 1 atom stereocenters. The van der Waals surface area contributed by atoms with Gasteiger partial charge in [0, 0.05) is 10.7 Å². The van der Waals surface area contributed by atoms with E-state index in [1.54, 1.807) is 6.92 Å². The number of halogens is 4. The van der Waals surface area contributed by atoms with Gasteiger partial charge in [-0.2, -0.15) is 0 Å². The summed E-state index contributed by atoms with van der Waals surface area (Å²) in [5, 5.41) is -0.761. The van der Waals surface area contributed by atoms with Gasteiger partial charge in [-0.25, -0.2) is 13.2 Å². The predicted octanol–water partition coefficient (Wildman–Crippen LogP) is 4.53. The zero-order valence-electron chi connectivity index (χ0n) is 10.4. The van der Waals surface area contributed by atoms with Crippen molar-refractivity contribution in [2.45, 2.75) is 31.3 Å². The number of hydrogen-bond donors (Lipinski definition) is 0. The van der Waals surface area contributed by atoms with Crippen LogP contribution in [-0.4, -0.2) is 20.5 Å². The standard InChI is InChI=1S/C11H10Cl4O4S/c1-3-5(2)19-11(16)8-9(13)6(12)4-7(10(8)14)20(15,17)18/h4-5H,3H2,1-2H3. The molecule has 0 saturated carbocycles. The van der Waals surface area contributed by atoms with Gasteiger partial charge < -0.3 is 4.74 Å². The Kier molecular flexibility index (Phi) is 5.99. The van der Waals surface area contributed by atoms with Gasteiger partial charge in [0.05, 0.1) is 26.7 Å². The van der Waals surface area contributed by atoms with E-state index in [4.69, 9.17) is 50.2 Å². The Bertz CT molecular complexity index is 642. The van der Waals surface area contributed by atoms with Crippen LogP contribution in [0.25, 0.3) is 0 Å². The average Bonchev–Trinajstić information content (AvgIpc) is 2.32. The third kappa shape index (κ3) is 3.92. The molecule has 0 aliphatic heterocycles. The lowest BCUT2D eigenvalue weighted by Crippen LogP contribution is -2.15. The quantitative estimate of drug-likeness (QED) is 0.438. The van der Waals surface area contributed by atoms with Crippen LogP contribution in [0.15, 0.2) is 11.0 Å². The summed E-state index contributed by atoms with van der Waals surface area (Å²) < 4.78 is 27.9. The first-order valence-corrected chi connectivity index (χ1v) is 8.87. The fraction of sp³-hybridized carbons (Fsp3) is 0.364. The molecule has 0 aliphatic rings. The Morgan fingerprint density at radius 2 is 1.85 bits per heavy atom. The van der Waals surface area contributed by atoms with Crippen molar-refractivity contribution in [1.82, 2.24) is 0 Å². The van der Waals surface area contributed by atoms with Gasteiger partial charge in [-0.3, -0.25) is 0 Å². The van der Waals surface area contributed by atoms with Crippen LogP contribution in [0.2, 0.25) is 15.1 Å². The van der Waals surface area contributed by atoms with Crippen LogP contribution in [0.3, 0.4) is 0 Å². The molecule has 0 heterocycles. The van der Waals surface area contributed by atoms with E-state index in [-0.39, 0.29) is 21.7 Å². The minimum atomic E-state index is -4.17. The van der Waals surface area contributed by atoms with Crippen molar-refractivity contribution in [3.63, 3.8) is 0 Å². The topological polar surface area (TPSA) is 60.4 Å². The highest BCUT2D eigenvalue weighted by atomic mass is 35.7.